The smallest absolute Gasteiger partial charge is 0.0360 e. The van der Waals surface area contributed by atoms with Gasteiger partial charge in [0.25, 0.3) is 0 Å². The first-order valence-electron chi connectivity index (χ1n) is 7.36. The molecule has 0 bridgehead atoms. The summed E-state index contributed by atoms with van der Waals surface area (Å²) in [6.07, 6.45) is 2.65. The fourth-order valence-corrected chi connectivity index (χ4v) is 3.00. The van der Waals surface area contributed by atoms with E-state index in [0.717, 1.165) is 35.5 Å². The van der Waals surface area contributed by atoms with E-state index in [0.29, 0.717) is 0 Å². The molecule has 0 saturated carbocycles. The Morgan fingerprint density at radius 3 is 1.44 bits per heavy atom. The SMILES string of the molecule is CCC(C)C(C)C(C)C(CC)C(C)C(C)C. The minimum atomic E-state index is 0.816. The van der Waals surface area contributed by atoms with Crippen molar-refractivity contribution in [3.63, 3.8) is 0 Å². The fraction of sp³-hybridized carbons (Fsp3) is 1.00. The maximum absolute atomic E-state index is 2.48. The molecule has 0 saturated heterocycles. The molecule has 0 fully saturated rings. The van der Waals surface area contributed by atoms with E-state index >= 15 is 0 Å². The van der Waals surface area contributed by atoms with Gasteiger partial charge >= 0.3 is 0 Å². The van der Waals surface area contributed by atoms with Crippen molar-refractivity contribution in [3.8, 4) is 0 Å². The highest BCUT2D eigenvalue weighted by atomic mass is 14.3. The Balaban J connectivity index is 4.57. The highest BCUT2D eigenvalue weighted by Crippen LogP contribution is 2.37. The third-order valence-corrected chi connectivity index (χ3v) is 5.24. The summed E-state index contributed by atoms with van der Waals surface area (Å²) in [6.45, 7) is 19.2. The fourth-order valence-electron chi connectivity index (χ4n) is 3.00. The third kappa shape index (κ3) is 4.11. The molecule has 16 heavy (non-hydrogen) atoms. The van der Waals surface area contributed by atoms with E-state index < -0.39 is 0 Å². The molecule has 0 aliphatic carbocycles. The quantitative estimate of drug-likeness (QED) is 0.528. The highest BCUT2D eigenvalue weighted by Gasteiger charge is 2.29. The lowest BCUT2D eigenvalue weighted by Gasteiger charge is -2.37. The molecule has 0 aliphatic rings. The lowest BCUT2D eigenvalue weighted by molar-refractivity contribution is 0.125. The van der Waals surface area contributed by atoms with Crippen LogP contribution < -0.4 is 0 Å². The van der Waals surface area contributed by atoms with E-state index in [2.05, 4.69) is 55.4 Å². The average molecular weight is 226 g/mol. The predicted molar refractivity (Wildman–Crippen MR) is 75.6 cm³/mol. The molecule has 0 aliphatic heterocycles. The van der Waals surface area contributed by atoms with E-state index in [1.807, 2.05) is 0 Å². The molecule has 5 unspecified atom stereocenters. The van der Waals surface area contributed by atoms with Gasteiger partial charge in [0, 0.05) is 0 Å². The van der Waals surface area contributed by atoms with Crippen LogP contribution in [0, 0.1) is 35.5 Å². The van der Waals surface area contributed by atoms with Gasteiger partial charge in [-0.2, -0.15) is 0 Å². The van der Waals surface area contributed by atoms with Crippen LogP contribution in [0.3, 0.4) is 0 Å². The minimum Gasteiger partial charge on any atom is -0.0651 e. The maximum Gasteiger partial charge on any atom is -0.0360 e. The Morgan fingerprint density at radius 2 is 1.12 bits per heavy atom. The van der Waals surface area contributed by atoms with Gasteiger partial charge in [-0.05, 0) is 35.5 Å². The summed E-state index contributed by atoms with van der Waals surface area (Å²) >= 11 is 0. The van der Waals surface area contributed by atoms with Crippen molar-refractivity contribution in [2.24, 2.45) is 35.5 Å². The van der Waals surface area contributed by atoms with Crippen molar-refractivity contribution in [1.82, 2.24) is 0 Å². The summed E-state index contributed by atoms with van der Waals surface area (Å²) in [6, 6.07) is 0. The topological polar surface area (TPSA) is 0 Å². The monoisotopic (exact) mass is 226 g/mol. The van der Waals surface area contributed by atoms with Crippen molar-refractivity contribution in [2.45, 2.75) is 68.2 Å². The summed E-state index contributed by atoms with van der Waals surface area (Å²) in [5, 5.41) is 0. The zero-order valence-electron chi connectivity index (χ0n) is 12.9. The molecule has 0 amide bonds. The van der Waals surface area contributed by atoms with Gasteiger partial charge in [0.1, 0.15) is 0 Å². The zero-order valence-corrected chi connectivity index (χ0v) is 12.9. The molecule has 0 spiro atoms. The van der Waals surface area contributed by atoms with E-state index in [1.54, 1.807) is 0 Å². The van der Waals surface area contributed by atoms with Gasteiger partial charge in [-0.3, -0.25) is 0 Å². The van der Waals surface area contributed by atoms with E-state index in [-0.39, 0.29) is 0 Å². The zero-order chi connectivity index (χ0) is 12.9. The normalized spacial score (nSPS) is 21.6. The van der Waals surface area contributed by atoms with Crippen LogP contribution in [-0.4, -0.2) is 0 Å². The minimum absolute atomic E-state index is 0.816. The molecule has 0 rings (SSSR count). The van der Waals surface area contributed by atoms with Crippen LogP contribution in [0.4, 0.5) is 0 Å². The molecule has 0 aromatic rings. The van der Waals surface area contributed by atoms with E-state index in [4.69, 9.17) is 0 Å². The molecule has 5 atom stereocenters. The Hall–Kier alpha value is 0. The standard InChI is InChI=1S/C16H34/c1-9-12(5)14(7)15(8)16(10-2)13(6)11(3)4/h11-16H,9-10H2,1-8H3. The van der Waals surface area contributed by atoms with Gasteiger partial charge in [-0.1, -0.05) is 68.2 Å². The van der Waals surface area contributed by atoms with E-state index in [9.17, 15) is 0 Å². The maximum atomic E-state index is 2.48. The van der Waals surface area contributed by atoms with Gasteiger partial charge in [-0.15, -0.1) is 0 Å². The largest absolute Gasteiger partial charge is 0.0651 e. The van der Waals surface area contributed by atoms with Gasteiger partial charge in [0.15, 0.2) is 0 Å². The highest BCUT2D eigenvalue weighted by molar-refractivity contribution is 4.78. The van der Waals surface area contributed by atoms with Crippen LogP contribution in [0.2, 0.25) is 0 Å². The molecule has 0 radical (unpaired) electrons. The van der Waals surface area contributed by atoms with Crippen molar-refractivity contribution in [1.29, 1.82) is 0 Å². The molecule has 0 nitrogen and oxygen atoms in total. The average Bonchev–Trinajstić information content (AvgIpc) is 2.27. The van der Waals surface area contributed by atoms with Crippen molar-refractivity contribution in [3.05, 3.63) is 0 Å². The Morgan fingerprint density at radius 1 is 0.625 bits per heavy atom. The first-order valence-corrected chi connectivity index (χ1v) is 7.36. The van der Waals surface area contributed by atoms with Gasteiger partial charge in [-0.25, -0.2) is 0 Å². The first-order chi connectivity index (χ1) is 7.36. The molecular formula is C16H34. The molecule has 0 N–H and O–H groups in total. The Bertz CT molecular complexity index is 171. The second kappa shape index (κ2) is 7.35. The van der Waals surface area contributed by atoms with E-state index in [1.165, 1.54) is 12.8 Å². The second-order valence-electron chi connectivity index (χ2n) is 6.28. The molecule has 0 aromatic carbocycles. The summed E-state index contributed by atoms with van der Waals surface area (Å²) < 4.78 is 0. The predicted octanol–water partition coefficient (Wildman–Crippen LogP) is 5.62. The second-order valence-corrected chi connectivity index (χ2v) is 6.28. The van der Waals surface area contributed by atoms with Crippen LogP contribution in [-0.2, 0) is 0 Å². The van der Waals surface area contributed by atoms with Crippen LogP contribution in [0.15, 0.2) is 0 Å². The molecular weight excluding hydrogens is 192 g/mol. The molecule has 0 heteroatoms. The summed E-state index contributed by atoms with van der Waals surface area (Å²) in [7, 11) is 0. The van der Waals surface area contributed by atoms with Crippen LogP contribution in [0.5, 0.6) is 0 Å². The summed E-state index contributed by atoms with van der Waals surface area (Å²) in [5.41, 5.74) is 0. The molecule has 0 heterocycles. The third-order valence-electron chi connectivity index (χ3n) is 5.24. The van der Waals surface area contributed by atoms with Crippen molar-refractivity contribution in [2.75, 3.05) is 0 Å². The molecule has 98 valence electrons. The van der Waals surface area contributed by atoms with Crippen molar-refractivity contribution >= 4 is 0 Å². The van der Waals surface area contributed by atoms with Crippen LogP contribution in [0.1, 0.15) is 68.2 Å². The van der Waals surface area contributed by atoms with Crippen LogP contribution >= 0.6 is 0 Å². The number of rotatable bonds is 7. The summed E-state index contributed by atoms with van der Waals surface area (Å²) in [5.74, 6) is 5.14. The Labute approximate surface area is 104 Å². The van der Waals surface area contributed by atoms with Gasteiger partial charge in [0.05, 0.1) is 0 Å². The number of hydrogen-bond donors (Lipinski definition) is 0. The van der Waals surface area contributed by atoms with Gasteiger partial charge < -0.3 is 0 Å². The summed E-state index contributed by atoms with van der Waals surface area (Å²) in [4.78, 5) is 0. The van der Waals surface area contributed by atoms with Crippen LogP contribution in [0.25, 0.3) is 0 Å². The molecule has 0 aromatic heterocycles. The number of hydrogen-bond acceptors (Lipinski definition) is 0. The Kier molecular flexibility index (Phi) is 7.35. The lowest BCUT2D eigenvalue weighted by atomic mass is 9.69. The lowest BCUT2D eigenvalue weighted by Crippen LogP contribution is -2.29. The van der Waals surface area contributed by atoms with Crippen molar-refractivity contribution < 1.29 is 0 Å². The van der Waals surface area contributed by atoms with Gasteiger partial charge in [0.2, 0.25) is 0 Å². The first kappa shape index (κ1) is 16.0.